The van der Waals surface area contributed by atoms with E-state index in [9.17, 15) is 5.11 Å². The van der Waals surface area contributed by atoms with Crippen LogP contribution in [0.3, 0.4) is 0 Å². The van der Waals surface area contributed by atoms with E-state index in [0.29, 0.717) is 18.1 Å². The Bertz CT molecular complexity index is 713. The minimum absolute atomic E-state index is 0.0935. The van der Waals surface area contributed by atoms with Gasteiger partial charge in [-0.05, 0) is 83.5 Å². The van der Waals surface area contributed by atoms with Crippen LogP contribution in [-0.4, -0.2) is 88.4 Å². The maximum atomic E-state index is 10.0. The number of rotatable bonds is 10. The molecule has 0 bridgehead atoms. The molecule has 0 aromatic carbocycles. The Morgan fingerprint density at radius 2 is 1.74 bits per heavy atom. The maximum absolute atomic E-state index is 10.0. The van der Waals surface area contributed by atoms with E-state index >= 15 is 0 Å². The van der Waals surface area contributed by atoms with Gasteiger partial charge in [-0.2, -0.15) is 4.98 Å². The molecule has 7 heteroatoms. The zero-order valence-electron chi connectivity index (χ0n) is 21.7. The molecule has 2 N–H and O–H groups in total. The molecule has 0 amide bonds. The maximum Gasteiger partial charge on any atom is 0.224 e. The summed E-state index contributed by atoms with van der Waals surface area (Å²) < 4.78 is 0. The highest BCUT2D eigenvalue weighted by atomic mass is 16.3. The monoisotopic (exact) mass is 472 g/mol. The summed E-state index contributed by atoms with van der Waals surface area (Å²) >= 11 is 0. The summed E-state index contributed by atoms with van der Waals surface area (Å²) in [5.74, 6) is 1.87. The quantitative estimate of drug-likeness (QED) is 0.530. The molecule has 3 fully saturated rings. The number of likely N-dealkylation sites (tertiary alicyclic amines) is 1. The van der Waals surface area contributed by atoms with E-state index in [0.717, 1.165) is 76.6 Å². The molecule has 1 aromatic heterocycles. The van der Waals surface area contributed by atoms with Crippen molar-refractivity contribution in [1.82, 2.24) is 19.8 Å². The summed E-state index contributed by atoms with van der Waals surface area (Å²) in [7, 11) is 0. The number of aliphatic hydroxyl groups is 1. The van der Waals surface area contributed by atoms with Crippen LogP contribution in [0.1, 0.15) is 84.5 Å². The molecule has 192 valence electrons. The number of hydrogen-bond donors (Lipinski definition) is 2. The lowest BCUT2D eigenvalue weighted by atomic mass is 9.91. The van der Waals surface area contributed by atoms with E-state index in [4.69, 9.17) is 4.98 Å². The number of nitrogens with zero attached hydrogens (tertiary/aromatic N) is 5. The van der Waals surface area contributed by atoms with Crippen molar-refractivity contribution >= 4 is 11.8 Å². The largest absolute Gasteiger partial charge is 0.393 e. The van der Waals surface area contributed by atoms with Gasteiger partial charge in [0.2, 0.25) is 5.95 Å². The molecule has 1 aromatic rings. The second-order valence-corrected chi connectivity index (χ2v) is 10.6. The van der Waals surface area contributed by atoms with Crippen molar-refractivity contribution < 1.29 is 5.11 Å². The highest BCUT2D eigenvalue weighted by Crippen LogP contribution is 2.33. The van der Waals surface area contributed by atoms with E-state index in [2.05, 4.69) is 44.9 Å². The van der Waals surface area contributed by atoms with Gasteiger partial charge in [0.1, 0.15) is 5.82 Å². The van der Waals surface area contributed by atoms with Gasteiger partial charge in [-0.1, -0.05) is 26.7 Å². The first kappa shape index (κ1) is 25.6. The van der Waals surface area contributed by atoms with Gasteiger partial charge in [0.05, 0.1) is 6.10 Å². The number of anilines is 2. The Hall–Kier alpha value is -1.44. The Morgan fingerprint density at radius 1 is 1.00 bits per heavy atom. The van der Waals surface area contributed by atoms with Crippen LogP contribution in [0.4, 0.5) is 11.8 Å². The van der Waals surface area contributed by atoms with Crippen LogP contribution >= 0.6 is 0 Å². The SMILES string of the molecule is CCN(CC)CCC[C@@H]1[C@@H](Nc2nccc(N3CCCCCC3)n2)CCN1[C@H]1CC[C@@H](O)CC1. The first-order valence-corrected chi connectivity index (χ1v) is 14.2. The third-order valence-electron chi connectivity index (χ3n) is 8.48. The molecule has 0 unspecified atom stereocenters. The molecule has 3 aliphatic rings. The Kier molecular flexibility index (Phi) is 9.83. The van der Waals surface area contributed by atoms with Crippen LogP contribution in [-0.2, 0) is 0 Å². The second-order valence-electron chi connectivity index (χ2n) is 10.6. The van der Waals surface area contributed by atoms with Crippen molar-refractivity contribution in [3.05, 3.63) is 12.3 Å². The summed E-state index contributed by atoms with van der Waals surface area (Å²) in [6, 6.07) is 3.59. The molecular weight excluding hydrogens is 424 g/mol. The van der Waals surface area contributed by atoms with E-state index in [1.807, 2.05) is 6.20 Å². The van der Waals surface area contributed by atoms with Gasteiger partial charge in [0.15, 0.2) is 0 Å². The third kappa shape index (κ3) is 6.82. The van der Waals surface area contributed by atoms with Gasteiger partial charge >= 0.3 is 0 Å². The standard InChI is InChI=1S/C27H48N6O/c1-3-31(4-2)18-9-10-25-24(16-21-33(25)22-11-13-23(34)14-12-22)29-27-28-17-15-26(30-27)32-19-7-5-6-8-20-32/h15,17,22-25,34H,3-14,16,18-21H2,1-2H3,(H,28,29,30)/t22-,23+,24-,25+/m0/s1. The van der Waals surface area contributed by atoms with Gasteiger partial charge < -0.3 is 20.2 Å². The molecule has 4 rings (SSSR count). The van der Waals surface area contributed by atoms with Crippen molar-refractivity contribution in [2.75, 3.05) is 49.5 Å². The number of hydrogen-bond acceptors (Lipinski definition) is 7. The lowest BCUT2D eigenvalue weighted by Crippen LogP contribution is -2.46. The van der Waals surface area contributed by atoms with E-state index in [-0.39, 0.29) is 6.10 Å². The summed E-state index contributed by atoms with van der Waals surface area (Å²) in [6.45, 7) is 11.3. The highest BCUT2D eigenvalue weighted by molar-refractivity contribution is 5.43. The number of aliphatic hydroxyl groups excluding tert-OH is 1. The van der Waals surface area contributed by atoms with E-state index in [1.54, 1.807) is 0 Å². The van der Waals surface area contributed by atoms with Crippen LogP contribution in [0.15, 0.2) is 12.3 Å². The third-order valence-corrected chi connectivity index (χ3v) is 8.48. The smallest absolute Gasteiger partial charge is 0.224 e. The molecule has 1 aliphatic carbocycles. The van der Waals surface area contributed by atoms with Crippen LogP contribution < -0.4 is 10.2 Å². The molecule has 2 aliphatic heterocycles. The molecule has 0 radical (unpaired) electrons. The Labute approximate surface area is 207 Å². The summed E-state index contributed by atoms with van der Waals surface area (Å²) in [4.78, 5) is 17.3. The van der Waals surface area contributed by atoms with Gasteiger partial charge in [0.25, 0.3) is 0 Å². The van der Waals surface area contributed by atoms with Gasteiger partial charge in [0, 0.05) is 44.0 Å². The van der Waals surface area contributed by atoms with Crippen LogP contribution in [0.25, 0.3) is 0 Å². The molecule has 1 saturated carbocycles. The molecule has 2 saturated heterocycles. The lowest BCUT2D eigenvalue weighted by molar-refractivity contribution is 0.0643. The van der Waals surface area contributed by atoms with E-state index in [1.165, 1.54) is 45.1 Å². The average molecular weight is 473 g/mol. The zero-order chi connectivity index (χ0) is 23.8. The summed E-state index contributed by atoms with van der Waals surface area (Å²) in [6.07, 6.45) is 14.8. The minimum Gasteiger partial charge on any atom is -0.393 e. The van der Waals surface area contributed by atoms with Crippen molar-refractivity contribution in [3.63, 3.8) is 0 Å². The van der Waals surface area contributed by atoms with Crippen LogP contribution in [0.2, 0.25) is 0 Å². The van der Waals surface area contributed by atoms with Crippen molar-refractivity contribution in [2.24, 2.45) is 0 Å². The molecule has 2 atom stereocenters. The first-order valence-electron chi connectivity index (χ1n) is 14.2. The fourth-order valence-corrected chi connectivity index (χ4v) is 6.38. The Balaban J connectivity index is 1.42. The predicted molar refractivity (Wildman–Crippen MR) is 141 cm³/mol. The number of nitrogens with one attached hydrogen (secondary N) is 1. The second kappa shape index (κ2) is 13.0. The average Bonchev–Trinajstić information content (AvgIpc) is 3.06. The topological polar surface area (TPSA) is 67.8 Å². The fraction of sp³-hybridized carbons (Fsp3) is 0.852. The van der Waals surface area contributed by atoms with Crippen LogP contribution in [0, 0.1) is 0 Å². The molecule has 3 heterocycles. The van der Waals surface area contributed by atoms with Gasteiger partial charge in [-0.3, -0.25) is 4.90 Å². The lowest BCUT2D eigenvalue weighted by Gasteiger charge is -2.38. The van der Waals surface area contributed by atoms with Gasteiger partial charge in [-0.25, -0.2) is 4.98 Å². The first-order chi connectivity index (χ1) is 16.7. The van der Waals surface area contributed by atoms with Crippen molar-refractivity contribution in [3.8, 4) is 0 Å². The molecule has 0 spiro atoms. The highest BCUT2D eigenvalue weighted by Gasteiger charge is 2.39. The van der Waals surface area contributed by atoms with Crippen molar-refractivity contribution in [1.29, 1.82) is 0 Å². The number of aromatic nitrogens is 2. The zero-order valence-corrected chi connectivity index (χ0v) is 21.7. The molecule has 7 nitrogen and oxygen atoms in total. The normalized spacial score (nSPS) is 28.9. The minimum atomic E-state index is -0.0935. The summed E-state index contributed by atoms with van der Waals surface area (Å²) in [5, 5.41) is 13.8. The van der Waals surface area contributed by atoms with E-state index < -0.39 is 0 Å². The fourth-order valence-electron chi connectivity index (χ4n) is 6.38. The van der Waals surface area contributed by atoms with Gasteiger partial charge in [-0.15, -0.1) is 0 Å². The Morgan fingerprint density at radius 3 is 2.44 bits per heavy atom. The molecular formula is C27H48N6O. The molecule has 34 heavy (non-hydrogen) atoms. The van der Waals surface area contributed by atoms with Crippen LogP contribution in [0.5, 0.6) is 0 Å². The summed E-state index contributed by atoms with van der Waals surface area (Å²) in [5.41, 5.74) is 0. The predicted octanol–water partition coefficient (Wildman–Crippen LogP) is 4.14. The van der Waals surface area contributed by atoms with Crippen molar-refractivity contribution in [2.45, 2.75) is 109 Å².